The minimum Gasteiger partial charge on any atom is -0.379 e. The molecule has 248 valence electrons. The Balaban J connectivity index is 3.26. The number of unbranched alkanes of at least 4 members (excludes halogenated alkanes) is 18. The summed E-state index contributed by atoms with van der Waals surface area (Å²) in [6.07, 6.45) is 26.8. The van der Waals surface area contributed by atoms with Crippen LogP contribution in [0.1, 0.15) is 142 Å². The largest absolute Gasteiger partial charge is 0.379 e. The lowest BCUT2D eigenvalue weighted by molar-refractivity contribution is 0.0297. The molecular weight excluding hydrogens is 575 g/mol. The molecule has 0 saturated carbocycles. The summed E-state index contributed by atoms with van der Waals surface area (Å²) in [5, 5.41) is 0. The summed E-state index contributed by atoms with van der Waals surface area (Å²) in [6.45, 7) is 10.2. The second-order valence-corrected chi connectivity index (χ2v) is 16.2. The van der Waals surface area contributed by atoms with Crippen molar-refractivity contribution in [2.75, 3.05) is 66.1 Å². The first-order valence-corrected chi connectivity index (χ1v) is 20.8. The fraction of sp³-hybridized carbons (Fsp3) is 1.00. The third-order valence-corrected chi connectivity index (χ3v) is 9.34. The number of hydrogen-bond donors (Lipinski definition) is 1. The molecule has 0 saturated heterocycles. The van der Waals surface area contributed by atoms with Gasteiger partial charge in [-0.15, -0.1) is 0 Å². The Bertz CT molecular complexity index is 502. The molecule has 0 radical (unpaired) electrons. The molecule has 0 unspecified atom stereocenters. The smallest absolute Gasteiger partial charge is 0.244 e. The molecule has 0 aliphatic carbocycles. The molecule has 0 aromatic carbocycles. The molecule has 0 aromatic rings. The fourth-order valence-electron chi connectivity index (χ4n) is 4.49. The molecule has 9 heteroatoms. The molecule has 0 heterocycles. The van der Waals surface area contributed by atoms with E-state index in [4.69, 9.17) is 39.8 Å². The maximum atomic E-state index is 5.65. The van der Waals surface area contributed by atoms with Gasteiger partial charge in [0.2, 0.25) is 5.69 Å². The van der Waals surface area contributed by atoms with Crippen LogP contribution in [0, 0.1) is 0 Å². The highest BCUT2D eigenvalue weighted by atomic mass is 32.9. The lowest BCUT2D eigenvalue weighted by Gasteiger charge is -2.16. The topological polar surface area (TPSA) is 55.4 Å². The van der Waals surface area contributed by atoms with Crippen LogP contribution in [-0.2, 0) is 39.8 Å². The summed E-state index contributed by atoms with van der Waals surface area (Å²) in [5.74, 6) is 0. The van der Waals surface area contributed by atoms with E-state index in [9.17, 15) is 0 Å². The van der Waals surface area contributed by atoms with E-state index in [1.54, 1.807) is 0 Å². The van der Waals surface area contributed by atoms with Gasteiger partial charge in [0, 0.05) is 13.2 Å². The molecule has 0 aliphatic heterocycles. The molecule has 0 rings (SSSR count). The van der Waals surface area contributed by atoms with Gasteiger partial charge in [-0.2, -0.15) is 0 Å². The van der Waals surface area contributed by atoms with Crippen molar-refractivity contribution >= 4 is 29.7 Å². The summed E-state index contributed by atoms with van der Waals surface area (Å²) in [4.78, 5) is 0. The van der Waals surface area contributed by atoms with E-state index in [1.807, 2.05) is 0 Å². The van der Waals surface area contributed by atoms with Crippen LogP contribution < -0.4 is 0 Å². The van der Waals surface area contributed by atoms with Gasteiger partial charge in [0.25, 0.3) is 0 Å². The Morgan fingerprint density at radius 3 is 0.927 bits per heavy atom. The van der Waals surface area contributed by atoms with Gasteiger partial charge in [-0.1, -0.05) is 142 Å². The Morgan fingerprint density at radius 1 is 0.366 bits per heavy atom. The first kappa shape index (κ1) is 41.8. The number of rotatable bonds is 36. The summed E-state index contributed by atoms with van der Waals surface area (Å²) in [6, 6.07) is 0. The second-order valence-electron chi connectivity index (χ2n) is 10.9. The SMILES string of the molecule is CCCCCCCCCCCCOCCOCCOP(=S)(S)OCCOCCOCCCCCCCCCCCC. The van der Waals surface area contributed by atoms with E-state index in [0.29, 0.717) is 52.9 Å². The highest BCUT2D eigenvalue weighted by molar-refractivity contribution is 8.60. The van der Waals surface area contributed by atoms with Gasteiger partial charge < -0.3 is 28.0 Å². The molecule has 0 atom stereocenters. The molecule has 0 bridgehead atoms. The summed E-state index contributed by atoms with van der Waals surface area (Å²) < 4.78 is 33.6. The highest BCUT2D eigenvalue weighted by Gasteiger charge is 2.12. The zero-order chi connectivity index (χ0) is 30.0. The molecule has 0 aliphatic rings. The van der Waals surface area contributed by atoms with E-state index in [0.717, 1.165) is 26.1 Å². The average molecular weight is 643 g/mol. The van der Waals surface area contributed by atoms with Crippen molar-refractivity contribution in [2.45, 2.75) is 142 Å². The monoisotopic (exact) mass is 642 g/mol. The molecule has 0 amide bonds. The van der Waals surface area contributed by atoms with E-state index < -0.39 is 5.69 Å². The van der Waals surface area contributed by atoms with E-state index in [-0.39, 0.29) is 0 Å². The zero-order valence-electron chi connectivity index (χ0n) is 27.0. The zero-order valence-corrected chi connectivity index (χ0v) is 29.6. The summed E-state index contributed by atoms with van der Waals surface area (Å²) >= 11 is 9.70. The molecule has 41 heavy (non-hydrogen) atoms. The third-order valence-electron chi connectivity index (χ3n) is 6.99. The molecular formula is C32H67O6PS2. The van der Waals surface area contributed by atoms with Gasteiger partial charge >= 0.3 is 0 Å². The van der Waals surface area contributed by atoms with Crippen molar-refractivity contribution < 1.29 is 28.0 Å². The molecule has 0 spiro atoms. The lowest BCUT2D eigenvalue weighted by atomic mass is 10.1. The van der Waals surface area contributed by atoms with Crippen LogP contribution in [-0.4, -0.2) is 66.1 Å². The van der Waals surface area contributed by atoms with Crippen LogP contribution in [0.15, 0.2) is 0 Å². The van der Waals surface area contributed by atoms with Gasteiger partial charge in [-0.25, -0.2) is 0 Å². The van der Waals surface area contributed by atoms with Crippen LogP contribution in [0.4, 0.5) is 0 Å². The number of thiol groups is 1. The van der Waals surface area contributed by atoms with E-state index in [2.05, 4.69) is 26.1 Å². The lowest BCUT2D eigenvalue weighted by Crippen LogP contribution is -2.10. The van der Waals surface area contributed by atoms with Crippen LogP contribution in [0.25, 0.3) is 0 Å². The standard InChI is InChI=1S/C32H67O6PS2/c1-3-5-7-9-11-13-15-17-19-21-23-33-25-27-35-29-31-37-39(40,41)38-32-30-36-28-26-34-24-22-20-18-16-14-12-10-8-6-4-2/h3-32H2,1-2H3,(H,40,41). The van der Waals surface area contributed by atoms with Gasteiger partial charge in [0.1, 0.15) is 0 Å². The Morgan fingerprint density at radius 2 is 0.610 bits per heavy atom. The van der Waals surface area contributed by atoms with Crippen LogP contribution in [0.3, 0.4) is 0 Å². The van der Waals surface area contributed by atoms with Crippen molar-refractivity contribution in [1.29, 1.82) is 0 Å². The van der Waals surface area contributed by atoms with E-state index >= 15 is 0 Å². The Hall–Kier alpha value is 0.760. The van der Waals surface area contributed by atoms with Crippen molar-refractivity contribution in [2.24, 2.45) is 0 Å². The van der Waals surface area contributed by atoms with Gasteiger partial charge in [0.15, 0.2) is 0 Å². The van der Waals surface area contributed by atoms with Gasteiger partial charge in [-0.05, 0) is 24.6 Å². The second kappa shape index (κ2) is 35.2. The van der Waals surface area contributed by atoms with Crippen LogP contribution in [0.5, 0.6) is 0 Å². The molecule has 6 nitrogen and oxygen atoms in total. The van der Waals surface area contributed by atoms with Crippen molar-refractivity contribution in [3.05, 3.63) is 0 Å². The first-order valence-electron chi connectivity index (χ1n) is 17.0. The number of hydrogen-bond acceptors (Lipinski definition) is 7. The molecule has 0 N–H and O–H groups in total. The first-order chi connectivity index (χ1) is 20.1. The Labute approximate surface area is 265 Å². The normalized spacial score (nSPS) is 12.0. The fourth-order valence-corrected chi connectivity index (χ4v) is 6.11. The summed E-state index contributed by atoms with van der Waals surface area (Å²) in [7, 11) is 0. The van der Waals surface area contributed by atoms with Crippen molar-refractivity contribution in [3.63, 3.8) is 0 Å². The van der Waals surface area contributed by atoms with Crippen molar-refractivity contribution in [1.82, 2.24) is 0 Å². The predicted molar refractivity (Wildman–Crippen MR) is 182 cm³/mol. The quantitative estimate of drug-likeness (QED) is 0.0415. The maximum absolute atomic E-state index is 5.65. The minimum atomic E-state index is -2.57. The third kappa shape index (κ3) is 36.9. The minimum absolute atomic E-state index is 0.368. The highest BCUT2D eigenvalue weighted by Crippen LogP contribution is 2.53. The average Bonchev–Trinajstić information content (AvgIpc) is 2.96. The predicted octanol–water partition coefficient (Wildman–Crippen LogP) is 10.1. The molecule has 0 aromatic heterocycles. The maximum Gasteiger partial charge on any atom is 0.244 e. The van der Waals surface area contributed by atoms with E-state index in [1.165, 1.54) is 116 Å². The molecule has 0 fully saturated rings. The van der Waals surface area contributed by atoms with Gasteiger partial charge in [-0.3, -0.25) is 0 Å². The van der Waals surface area contributed by atoms with Gasteiger partial charge in [0.05, 0.1) is 52.9 Å². The van der Waals surface area contributed by atoms with Crippen LogP contribution in [0.2, 0.25) is 0 Å². The summed E-state index contributed by atoms with van der Waals surface area (Å²) in [5.41, 5.74) is -2.57. The van der Waals surface area contributed by atoms with Crippen LogP contribution >= 0.6 is 17.9 Å². The van der Waals surface area contributed by atoms with Crippen molar-refractivity contribution in [3.8, 4) is 0 Å². The number of ether oxygens (including phenoxy) is 4. The Kier molecular flexibility index (Phi) is 35.9.